The maximum Gasteiger partial charge on any atom is 0.326 e. The Morgan fingerprint density at radius 2 is 2.06 bits per heavy atom. The monoisotopic (exact) mass is 237 g/mol. The first-order valence-electron chi connectivity index (χ1n) is 5.26. The minimum Gasteiger partial charge on any atom is -0.496 e. The molecule has 5 nitrogen and oxygen atoms in total. The molecule has 0 unspecified atom stereocenters. The zero-order valence-corrected chi connectivity index (χ0v) is 9.77. The summed E-state index contributed by atoms with van der Waals surface area (Å²) >= 11 is 0. The fourth-order valence-electron chi connectivity index (χ4n) is 1.41. The van der Waals surface area contributed by atoms with E-state index in [1.165, 1.54) is 7.11 Å². The number of aliphatic carboxylic acids is 1. The third kappa shape index (κ3) is 3.21. The van der Waals surface area contributed by atoms with Crippen molar-refractivity contribution in [3.05, 3.63) is 29.8 Å². The Balaban J connectivity index is 2.86. The number of rotatable bonds is 5. The number of benzene rings is 1. The summed E-state index contributed by atoms with van der Waals surface area (Å²) in [6.07, 6.45) is 0.330. The summed E-state index contributed by atoms with van der Waals surface area (Å²) in [4.78, 5) is 22.6. The molecule has 1 rings (SSSR count). The van der Waals surface area contributed by atoms with E-state index >= 15 is 0 Å². The minimum atomic E-state index is -1.05. The van der Waals surface area contributed by atoms with Crippen molar-refractivity contribution < 1.29 is 19.4 Å². The highest BCUT2D eigenvalue weighted by atomic mass is 16.5. The molecule has 0 saturated carbocycles. The summed E-state index contributed by atoms with van der Waals surface area (Å²) in [5.41, 5.74) is 0.328. The Morgan fingerprint density at radius 3 is 2.59 bits per heavy atom. The molecule has 0 bridgehead atoms. The van der Waals surface area contributed by atoms with E-state index in [1.807, 2.05) is 0 Å². The predicted octanol–water partition coefficient (Wildman–Crippen LogP) is 1.29. The number of hydrogen-bond acceptors (Lipinski definition) is 3. The van der Waals surface area contributed by atoms with Crippen LogP contribution in [0.1, 0.15) is 23.7 Å². The van der Waals surface area contributed by atoms with Gasteiger partial charge in [0.1, 0.15) is 11.8 Å². The smallest absolute Gasteiger partial charge is 0.326 e. The first kappa shape index (κ1) is 13.0. The number of hydrogen-bond donors (Lipinski definition) is 2. The normalized spacial score (nSPS) is 11.6. The molecule has 0 saturated heterocycles. The topological polar surface area (TPSA) is 75.6 Å². The molecule has 0 aromatic heterocycles. The number of para-hydroxylation sites is 1. The van der Waals surface area contributed by atoms with Gasteiger partial charge in [0.05, 0.1) is 12.7 Å². The van der Waals surface area contributed by atoms with Gasteiger partial charge in [-0.25, -0.2) is 4.79 Å². The Bertz CT molecular complexity index is 417. The summed E-state index contributed by atoms with van der Waals surface area (Å²) < 4.78 is 5.03. The molecule has 0 aliphatic rings. The minimum absolute atomic E-state index is 0.328. The van der Waals surface area contributed by atoms with Gasteiger partial charge in [-0.05, 0) is 18.6 Å². The van der Waals surface area contributed by atoms with Crippen LogP contribution in [-0.2, 0) is 4.79 Å². The van der Waals surface area contributed by atoms with Crippen molar-refractivity contribution in [3.63, 3.8) is 0 Å². The van der Waals surface area contributed by atoms with E-state index in [9.17, 15) is 9.59 Å². The van der Waals surface area contributed by atoms with Crippen molar-refractivity contribution >= 4 is 11.9 Å². The Morgan fingerprint density at radius 1 is 1.41 bits per heavy atom. The van der Waals surface area contributed by atoms with Crippen LogP contribution in [0.5, 0.6) is 5.75 Å². The van der Waals surface area contributed by atoms with Crippen molar-refractivity contribution in [3.8, 4) is 5.75 Å². The zero-order chi connectivity index (χ0) is 12.8. The van der Waals surface area contributed by atoms with Crippen LogP contribution in [0.2, 0.25) is 0 Å². The van der Waals surface area contributed by atoms with Crippen molar-refractivity contribution in [2.75, 3.05) is 7.11 Å². The summed E-state index contributed by atoms with van der Waals surface area (Å²) in [6.45, 7) is 1.70. The lowest BCUT2D eigenvalue weighted by molar-refractivity contribution is -0.139. The maximum atomic E-state index is 11.8. The van der Waals surface area contributed by atoms with Crippen LogP contribution in [0.15, 0.2) is 24.3 Å². The molecule has 1 aromatic rings. The lowest BCUT2D eigenvalue weighted by atomic mass is 10.1. The second kappa shape index (κ2) is 5.89. The van der Waals surface area contributed by atoms with Gasteiger partial charge < -0.3 is 15.2 Å². The molecule has 0 aliphatic heterocycles. The van der Waals surface area contributed by atoms with E-state index in [2.05, 4.69) is 5.32 Å². The first-order valence-corrected chi connectivity index (χ1v) is 5.26. The van der Waals surface area contributed by atoms with E-state index in [4.69, 9.17) is 9.84 Å². The Labute approximate surface area is 99.4 Å². The van der Waals surface area contributed by atoms with Crippen molar-refractivity contribution in [2.24, 2.45) is 0 Å². The summed E-state index contributed by atoms with van der Waals surface area (Å²) in [5, 5.41) is 11.3. The number of carboxylic acid groups (broad SMARTS) is 1. The molecule has 0 spiro atoms. The average Bonchev–Trinajstić information content (AvgIpc) is 2.35. The van der Waals surface area contributed by atoms with Crippen LogP contribution in [0.3, 0.4) is 0 Å². The highest BCUT2D eigenvalue weighted by Crippen LogP contribution is 2.17. The summed E-state index contributed by atoms with van der Waals surface area (Å²) in [7, 11) is 1.46. The second-order valence-corrected chi connectivity index (χ2v) is 3.47. The molecular weight excluding hydrogens is 222 g/mol. The lowest BCUT2D eigenvalue weighted by Gasteiger charge is -2.13. The third-order valence-electron chi connectivity index (χ3n) is 2.36. The van der Waals surface area contributed by atoms with Gasteiger partial charge in [0.25, 0.3) is 5.91 Å². The van der Waals surface area contributed by atoms with E-state index in [0.29, 0.717) is 17.7 Å². The summed E-state index contributed by atoms with van der Waals surface area (Å²) in [5.74, 6) is -1.07. The molecule has 1 amide bonds. The van der Waals surface area contributed by atoms with Crippen LogP contribution in [0.4, 0.5) is 0 Å². The molecular formula is C12H15NO4. The van der Waals surface area contributed by atoms with Gasteiger partial charge in [-0.15, -0.1) is 0 Å². The van der Waals surface area contributed by atoms with E-state index in [1.54, 1.807) is 31.2 Å². The van der Waals surface area contributed by atoms with Crippen molar-refractivity contribution in [1.82, 2.24) is 5.32 Å². The lowest BCUT2D eigenvalue weighted by Crippen LogP contribution is -2.40. The highest BCUT2D eigenvalue weighted by molar-refractivity contribution is 5.98. The van der Waals surface area contributed by atoms with Gasteiger partial charge in [-0.1, -0.05) is 19.1 Å². The number of amides is 1. The SMILES string of the molecule is CC[C@H](NC(=O)c1ccccc1OC)C(=O)O. The summed E-state index contributed by atoms with van der Waals surface area (Å²) in [6, 6.07) is 5.79. The molecule has 0 aliphatic carbocycles. The first-order chi connectivity index (χ1) is 8.10. The van der Waals surface area contributed by atoms with Crippen molar-refractivity contribution in [2.45, 2.75) is 19.4 Å². The van der Waals surface area contributed by atoms with E-state index < -0.39 is 17.9 Å². The maximum absolute atomic E-state index is 11.8. The predicted molar refractivity (Wildman–Crippen MR) is 62.2 cm³/mol. The number of methoxy groups -OCH3 is 1. The van der Waals surface area contributed by atoms with Crippen LogP contribution >= 0.6 is 0 Å². The standard InChI is InChI=1S/C12H15NO4/c1-3-9(12(15)16)13-11(14)8-6-4-5-7-10(8)17-2/h4-7,9H,3H2,1-2H3,(H,13,14)(H,15,16)/t9-/m0/s1. The largest absolute Gasteiger partial charge is 0.496 e. The number of nitrogens with one attached hydrogen (secondary N) is 1. The van der Waals surface area contributed by atoms with E-state index in [0.717, 1.165) is 0 Å². The molecule has 0 heterocycles. The van der Waals surface area contributed by atoms with Gasteiger partial charge >= 0.3 is 5.97 Å². The number of carboxylic acids is 1. The number of ether oxygens (including phenoxy) is 1. The quantitative estimate of drug-likeness (QED) is 0.809. The van der Waals surface area contributed by atoms with Gasteiger partial charge in [0.2, 0.25) is 0 Å². The van der Waals surface area contributed by atoms with E-state index in [-0.39, 0.29) is 0 Å². The molecule has 0 radical (unpaired) electrons. The van der Waals surface area contributed by atoms with Crippen molar-refractivity contribution in [1.29, 1.82) is 0 Å². The van der Waals surface area contributed by atoms with Gasteiger partial charge in [0.15, 0.2) is 0 Å². The Kier molecular flexibility index (Phi) is 4.51. The van der Waals surface area contributed by atoms with Crippen LogP contribution in [-0.4, -0.2) is 30.1 Å². The number of carbonyl (C=O) groups excluding carboxylic acids is 1. The third-order valence-corrected chi connectivity index (χ3v) is 2.36. The second-order valence-electron chi connectivity index (χ2n) is 3.47. The highest BCUT2D eigenvalue weighted by Gasteiger charge is 2.20. The molecule has 2 N–H and O–H groups in total. The number of carbonyl (C=O) groups is 2. The van der Waals surface area contributed by atoms with Gasteiger partial charge in [0, 0.05) is 0 Å². The molecule has 17 heavy (non-hydrogen) atoms. The zero-order valence-electron chi connectivity index (χ0n) is 9.77. The molecule has 1 atom stereocenters. The van der Waals surface area contributed by atoms with Gasteiger partial charge in [-0.3, -0.25) is 4.79 Å². The molecule has 92 valence electrons. The fourth-order valence-corrected chi connectivity index (χ4v) is 1.41. The molecule has 0 fully saturated rings. The molecule has 1 aromatic carbocycles. The van der Waals surface area contributed by atoms with Crippen LogP contribution in [0.25, 0.3) is 0 Å². The Hall–Kier alpha value is -2.04. The van der Waals surface area contributed by atoms with Gasteiger partial charge in [-0.2, -0.15) is 0 Å². The fraction of sp³-hybridized carbons (Fsp3) is 0.333. The van der Waals surface area contributed by atoms with Crippen LogP contribution < -0.4 is 10.1 Å². The van der Waals surface area contributed by atoms with Crippen LogP contribution in [0, 0.1) is 0 Å². The average molecular weight is 237 g/mol. The molecule has 5 heteroatoms.